The van der Waals surface area contributed by atoms with Crippen LogP contribution in [0.25, 0.3) is 0 Å². The van der Waals surface area contributed by atoms with Crippen LogP contribution in [0.1, 0.15) is 91.5 Å². The van der Waals surface area contributed by atoms with E-state index in [0.29, 0.717) is 31.4 Å². The fourth-order valence-electron chi connectivity index (χ4n) is 11.0. The average Bonchev–Trinajstić information content (AvgIpc) is 3.30. The molecule has 0 bridgehead atoms. The van der Waals surface area contributed by atoms with E-state index in [2.05, 4.69) is 26.1 Å². The number of fused-ring (bicyclic) bond motifs is 4. The van der Waals surface area contributed by atoms with Crippen LogP contribution in [0.5, 0.6) is 0 Å². The molecule has 6 rings (SSSR count). The first-order valence-electron chi connectivity index (χ1n) is 16.6. The minimum Gasteiger partial charge on any atom is -0.463 e. The largest absolute Gasteiger partial charge is 0.463 e. The zero-order valence-electron chi connectivity index (χ0n) is 26.8. The van der Waals surface area contributed by atoms with Gasteiger partial charge in [0.05, 0.1) is 11.6 Å². The summed E-state index contributed by atoms with van der Waals surface area (Å²) in [5.41, 5.74) is -0.914. The Labute approximate surface area is 263 Å². The van der Waals surface area contributed by atoms with Gasteiger partial charge in [-0.3, -0.25) is 14.4 Å². The van der Waals surface area contributed by atoms with Gasteiger partial charge in [-0.25, -0.2) is 0 Å². The average molecular weight is 634 g/mol. The molecule has 4 saturated carbocycles. The Hall–Kier alpha value is -2.78. The van der Waals surface area contributed by atoms with Gasteiger partial charge in [-0.1, -0.05) is 20.8 Å². The number of carbonyl (C=O) groups is 3. The number of rotatable bonds is 4. The van der Waals surface area contributed by atoms with Crippen LogP contribution in [0.3, 0.4) is 0 Å². The summed E-state index contributed by atoms with van der Waals surface area (Å²) in [4.78, 5) is 37.9. The van der Waals surface area contributed by atoms with E-state index >= 15 is 0 Å². The highest BCUT2D eigenvalue weighted by Crippen LogP contribution is 2.70. The lowest BCUT2D eigenvalue weighted by atomic mass is 9.41. The topological polar surface area (TPSA) is 90.9 Å². The van der Waals surface area contributed by atoms with Gasteiger partial charge in [0.1, 0.15) is 18.3 Å². The predicted octanol–water partition coefficient (Wildman–Crippen LogP) is 7.18. The van der Waals surface area contributed by atoms with Crippen molar-refractivity contribution in [2.75, 3.05) is 5.32 Å². The zero-order valence-corrected chi connectivity index (χ0v) is 26.8. The van der Waals surface area contributed by atoms with Crippen LogP contribution in [-0.4, -0.2) is 42.3 Å². The van der Waals surface area contributed by atoms with E-state index in [4.69, 9.17) is 14.2 Å². The maximum absolute atomic E-state index is 13.5. The number of ether oxygens (including phenoxy) is 3. The van der Waals surface area contributed by atoms with Crippen molar-refractivity contribution in [3.8, 4) is 0 Å². The third-order valence-electron chi connectivity index (χ3n) is 12.7. The lowest BCUT2D eigenvalue weighted by molar-refractivity contribution is -0.231. The third-order valence-corrected chi connectivity index (χ3v) is 12.7. The molecule has 1 aromatic carbocycles. The highest BCUT2D eigenvalue weighted by Gasteiger charge is 2.71. The molecule has 1 heterocycles. The number of hydrogen-bond donors (Lipinski definition) is 1. The van der Waals surface area contributed by atoms with Crippen LogP contribution in [-0.2, 0) is 34.8 Å². The van der Waals surface area contributed by atoms with E-state index < -0.39 is 29.3 Å². The van der Waals surface area contributed by atoms with Crippen molar-refractivity contribution in [1.82, 2.24) is 0 Å². The van der Waals surface area contributed by atoms with Crippen LogP contribution in [0.4, 0.5) is 18.9 Å². The molecule has 12 atom stereocenters. The van der Waals surface area contributed by atoms with Crippen molar-refractivity contribution in [1.29, 1.82) is 0 Å². The van der Waals surface area contributed by atoms with Crippen molar-refractivity contribution in [3.05, 3.63) is 29.8 Å². The van der Waals surface area contributed by atoms with E-state index in [1.54, 1.807) is 0 Å². The third kappa shape index (κ3) is 5.52. The van der Waals surface area contributed by atoms with Gasteiger partial charge in [-0.2, -0.15) is 13.2 Å². The summed E-state index contributed by atoms with van der Waals surface area (Å²) in [7, 11) is 0. The quantitative estimate of drug-likeness (QED) is 0.278. The normalized spacial score (nSPS) is 42.5. The van der Waals surface area contributed by atoms with Crippen LogP contribution < -0.4 is 5.32 Å². The summed E-state index contributed by atoms with van der Waals surface area (Å²) in [6, 6.07) is 4.63. The Bertz CT molecular complexity index is 1320. The van der Waals surface area contributed by atoms with Gasteiger partial charge < -0.3 is 19.5 Å². The van der Waals surface area contributed by atoms with Gasteiger partial charge in [-0.05, 0) is 104 Å². The lowest BCUT2D eigenvalue weighted by Gasteiger charge is -2.66. The zero-order chi connectivity index (χ0) is 32.5. The number of anilines is 1. The minimum atomic E-state index is -4.46. The molecule has 1 N–H and O–H groups in total. The predicted molar refractivity (Wildman–Crippen MR) is 160 cm³/mol. The number of esters is 3. The van der Waals surface area contributed by atoms with E-state index in [0.717, 1.165) is 37.8 Å². The first-order chi connectivity index (χ1) is 21.1. The first-order valence-corrected chi connectivity index (χ1v) is 16.6. The van der Waals surface area contributed by atoms with Gasteiger partial charge in [0.25, 0.3) is 0 Å². The molecule has 1 saturated heterocycles. The van der Waals surface area contributed by atoms with E-state index in [1.807, 2.05) is 0 Å². The molecule has 5 fully saturated rings. The Balaban J connectivity index is 1.49. The second kappa shape index (κ2) is 11.5. The number of carbonyl (C=O) groups excluding carboxylic acids is 3. The number of nitrogens with one attached hydrogen (secondary N) is 1. The Morgan fingerprint density at radius 1 is 0.956 bits per heavy atom. The second-order valence-corrected chi connectivity index (χ2v) is 15.0. The van der Waals surface area contributed by atoms with Crippen molar-refractivity contribution >= 4 is 23.6 Å². The maximum atomic E-state index is 13.5. The highest BCUT2D eigenvalue weighted by molar-refractivity contribution is 5.70. The summed E-state index contributed by atoms with van der Waals surface area (Å²) >= 11 is 0. The Kier molecular flexibility index (Phi) is 8.21. The molecule has 0 radical (unpaired) electrons. The summed E-state index contributed by atoms with van der Waals surface area (Å²) in [6.07, 6.45) is 0.132. The summed E-state index contributed by atoms with van der Waals surface area (Å²) < 4.78 is 58.8. The fraction of sp³-hybridized carbons (Fsp3) is 0.743. The molecular formula is C35H46F3NO6. The number of benzene rings is 1. The lowest BCUT2D eigenvalue weighted by Crippen LogP contribution is -2.71. The Morgan fingerprint density at radius 3 is 2.27 bits per heavy atom. The summed E-state index contributed by atoms with van der Waals surface area (Å²) in [5, 5.41) is 3.64. The van der Waals surface area contributed by atoms with Crippen molar-refractivity contribution < 1.29 is 41.8 Å². The SMILES string of the molecule is CC(=O)O[C@@H]1CC[C@@]2(C)[C@@H](C1)C[C@@H](OC(C)=O)[C@@H]1[C@@H]2[C@@H](Nc2ccc(C(F)(F)F)cc2)[C@@H]2OC(=O)CC[C@@H](C)[C@H]3CC[C@@H]1[C@@]32C. The highest BCUT2D eigenvalue weighted by atomic mass is 19.4. The molecule has 248 valence electrons. The molecule has 0 unspecified atom stereocenters. The Morgan fingerprint density at radius 2 is 1.62 bits per heavy atom. The molecule has 0 spiro atoms. The van der Waals surface area contributed by atoms with E-state index in [1.165, 1.54) is 26.0 Å². The molecule has 4 aliphatic carbocycles. The van der Waals surface area contributed by atoms with Gasteiger partial charge >= 0.3 is 24.1 Å². The second-order valence-electron chi connectivity index (χ2n) is 15.0. The molecule has 7 nitrogen and oxygen atoms in total. The molecular weight excluding hydrogens is 587 g/mol. The number of halogens is 3. The maximum Gasteiger partial charge on any atom is 0.416 e. The van der Waals surface area contributed by atoms with E-state index in [9.17, 15) is 27.6 Å². The standard InChI is InChI=1S/C35H46F3NO6/c1-18-6-13-28(42)45-32-31(39-23-9-7-21(8-10-23)35(36,37)38)30-29(26-12-11-25(18)34(26,32)5)27(44-20(3)41)17-22-16-24(43-19(2)40)14-15-33(22,30)4/h7-10,18,22,24-27,29-32,39H,6,11-17H2,1-5H3/t18-,22+,24-,25-,26+,27-,29-,30-,31-,32+,33+,34-/m1/s1. The fourth-order valence-corrected chi connectivity index (χ4v) is 11.0. The van der Waals surface area contributed by atoms with Crippen molar-refractivity contribution in [2.24, 2.45) is 46.3 Å². The molecule has 0 aromatic heterocycles. The van der Waals surface area contributed by atoms with Crippen LogP contribution >= 0.6 is 0 Å². The molecule has 1 aromatic rings. The van der Waals surface area contributed by atoms with Gasteiger partial charge in [0, 0.05) is 37.3 Å². The first kappa shape index (κ1) is 32.2. The molecule has 0 amide bonds. The van der Waals surface area contributed by atoms with Gasteiger partial charge in [0.2, 0.25) is 0 Å². The minimum absolute atomic E-state index is 0.0380. The number of hydrogen-bond acceptors (Lipinski definition) is 7. The van der Waals surface area contributed by atoms with E-state index in [-0.39, 0.29) is 71.0 Å². The van der Waals surface area contributed by atoms with Crippen LogP contribution in [0.2, 0.25) is 0 Å². The monoisotopic (exact) mass is 633 g/mol. The molecule has 10 heteroatoms. The van der Waals surface area contributed by atoms with Crippen LogP contribution in [0.15, 0.2) is 24.3 Å². The molecule has 5 aliphatic rings. The summed E-state index contributed by atoms with van der Waals surface area (Å²) in [6.45, 7) is 9.58. The van der Waals surface area contributed by atoms with Gasteiger partial charge in [-0.15, -0.1) is 0 Å². The van der Waals surface area contributed by atoms with Crippen molar-refractivity contribution in [3.63, 3.8) is 0 Å². The molecule has 1 aliphatic heterocycles. The van der Waals surface area contributed by atoms with Gasteiger partial charge in [0.15, 0.2) is 0 Å². The molecule has 45 heavy (non-hydrogen) atoms. The van der Waals surface area contributed by atoms with Crippen LogP contribution in [0, 0.1) is 46.3 Å². The van der Waals surface area contributed by atoms with Crippen molar-refractivity contribution in [2.45, 2.75) is 117 Å². The summed E-state index contributed by atoms with van der Waals surface area (Å²) in [5.74, 6) is -0.318. The smallest absolute Gasteiger partial charge is 0.416 e. The number of alkyl halides is 3.